The lowest BCUT2D eigenvalue weighted by molar-refractivity contribution is 0.0735. The molecule has 0 saturated heterocycles. The Kier molecular flexibility index (Phi) is 2.85. The van der Waals surface area contributed by atoms with Gasteiger partial charge in [-0.05, 0) is 13.3 Å². The molecule has 0 bridgehead atoms. The molecule has 0 aliphatic heterocycles. The van der Waals surface area contributed by atoms with Crippen LogP contribution in [0.1, 0.15) is 18.9 Å². The number of hydrogen-bond donors (Lipinski definition) is 1. The van der Waals surface area contributed by atoms with Crippen LogP contribution in [0.2, 0.25) is 0 Å². The summed E-state index contributed by atoms with van der Waals surface area (Å²) in [6.45, 7) is 4.79. The van der Waals surface area contributed by atoms with E-state index in [1.54, 1.807) is 0 Å². The molecule has 1 nitrogen and oxygen atoms in total. The standard InChI is InChI=1S/C10H10F3O/c1-3-10(2,14)9-7(12)4-6(11)5-8(9)13/h4-5,14H,2-3H2,1H3. The van der Waals surface area contributed by atoms with Crippen LogP contribution < -0.4 is 0 Å². The van der Waals surface area contributed by atoms with Crippen LogP contribution in [0, 0.1) is 24.4 Å². The van der Waals surface area contributed by atoms with Crippen LogP contribution in [0.25, 0.3) is 0 Å². The third kappa shape index (κ3) is 1.90. The predicted molar refractivity (Wildman–Crippen MR) is 45.9 cm³/mol. The van der Waals surface area contributed by atoms with Gasteiger partial charge in [-0.15, -0.1) is 0 Å². The van der Waals surface area contributed by atoms with Crippen molar-refractivity contribution in [2.75, 3.05) is 0 Å². The Morgan fingerprint density at radius 3 is 2.07 bits per heavy atom. The molecule has 0 heterocycles. The minimum absolute atomic E-state index is 0.0342. The fraction of sp³-hybridized carbons (Fsp3) is 0.300. The normalized spacial score (nSPS) is 15.3. The van der Waals surface area contributed by atoms with Gasteiger partial charge in [0.05, 0.1) is 11.2 Å². The lowest BCUT2D eigenvalue weighted by Gasteiger charge is -2.22. The van der Waals surface area contributed by atoms with E-state index in [0.29, 0.717) is 12.1 Å². The van der Waals surface area contributed by atoms with E-state index in [1.165, 1.54) is 6.92 Å². The maximum atomic E-state index is 13.1. The Labute approximate surface area is 80.2 Å². The lowest BCUT2D eigenvalue weighted by Crippen LogP contribution is -2.23. The van der Waals surface area contributed by atoms with Gasteiger partial charge >= 0.3 is 0 Å². The Morgan fingerprint density at radius 2 is 1.71 bits per heavy atom. The molecular formula is C10H10F3O. The summed E-state index contributed by atoms with van der Waals surface area (Å²) >= 11 is 0. The van der Waals surface area contributed by atoms with E-state index >= 15 is 0 Å². The summed E-state index contributed by atoms with van der Waals surface area (Å²) in [5, 5.41) is 9.53. The molecule has 1 unspecified atom stereocenters. The van der Waals surface area contributed by atoms with Crippen molar-refractivity contribution < 1.29 is 18.3 Å². The van der Waals surface area contributed by atoms with Crippen LogP contribution in [0.15, 0.2) is 12.1 Å². The molecule has 1 aromatic rings. The monoisotopic (exact) mass is 203 g/mol. The molecule has 0 aromatic heterocycles. The van der Waals surface area contributed by atoms with Crippen molar-refractivity contribution in [2.45, 2.75) is 18.9 Å². The van der Waals surface area contributed by atoms with Crippen LogP contribution in [0.4, 0.5) is 13.2 Å². The molecule has 14 heavy (non-hydrogen) atoms. The zero-order chi connectivity index (χ0) is 10.9. The zero-order valence-corrected chi connectivity index (χ0v) is 7.65. The van der Waals surface area contributed by atoms with Crippen molar-refractivity contribution in [1.29, 1.82) is 0 Å². The smallest absolute Gasteiger partial charge is 0.135 e. The van der Waals surface area contributed by atoms with Crippen LogP contribution in [0.3, 0.4) is 0 Å². The third-order valence-electron chi connectivity index (χ3n) is 2.06. The van der Waals surface area contributed by atoms with Gasteiger partial charge in [-0.25, -0.2) is 13.2 Å². The van der Waals surface area contributed by atoms with Crippen LogP contribution in [-0.4, -0.2) is 5.11 Å². The van der Waals surface area contributed by atoms with Gasteiger partial charge in [-0.2, -0.15) is 0 Å². The summed E-state index contributed by atoms with van der Waals surface area (Å²) < 4.78 is 38.7. The first-order chi connectivity index (χ1) is 6.38. The fourth-order valence-electron chi connectivity index (χ4n) is 1.16. The SMILES string of the molecule is [CH2]C(O)(CC)c1c(F)cc(F)cc1F. The van der Waals surface area contributed by atoms with E-state index in [1.807, 2.05) is 0 Å². The van der Waals surface area contributed by atoms with Gasteiger partial charge in [0.15, 0.2) is 0 Å². The average Bonchev–Trinajstić information content (AvgIpc) is 2.01. The van der Waals surface area contributed by atoms with Gasteiger partial charge in [0.2, 0.25) is 0 Å². The molecule has 0 amide bonds. The minimum Gasteiger partial charge on any atom is -0.385 e. The molecule has 0 aliphatic carbocycles. The number of aliphatic hydroxyl groups is 1. The molecule has 0 saturated carbocycles. The Morgan fingerprint density at radius 1 is 1.29 bits per heavy atom. The van der Waals surface area contributed by atoms with Crippen molar-refractivity contribution in [1.82, 2.24) is 0 Å². The summed E-state index contributed by atoms with van der Waals surface area (Å²) in [5.74, 6) is -3.26. The first kappa shape index (κ1) is 11.0. The third-order valence-corrected chi connectivity index (χ3v) is 2.06. The topological polar surface area (TPSA) is 20.2 Å². The van der Waals surface area contributed by atoms with E-state index < -0.39 is 28.6 Å². The summed E-state index contributed by atoms with van der Waals surface area (Å²) in [6, 6.07) is 1.04. The van der Waals surface area contributed by atoms with Crippen molar-refractivity contribution in [3.63, 3.8) is 0 Å². The Balaban J connectivity index is 3.35. The second-order valence-corrected chi connectivity index (χ2v) is 3.13. The largest absolute Gasteiger partial charge is 0.385 e. The molecule has 77 valence electrons. The van der Waals surface area contributed by atoms with Gasteiger partial charge in [-0.3, -0.25) is 0 Å². The molecule has 0 fully saturated rings. The highest BCUT2D eigenvalue weighted by atomic mass is 19.1. The highest BCUT2D eigenvalue weighted by Gasteiger charge is 2.28. The van der Waals surface area contributed by atoms with Crippen LogP contribution in [0.5, 0.6) is 0 Å². The van der Waals surface area contributed by atoms with Crippen molar-refractivity contribution in [2.24, 2.45) is 0 Å². The molecule has 0 spiro atoms. The fourth-order valence-corrected chi connectivity index (χ4v) is 1.16. The number of hydrogen-bond acceptors (Lipinski definition) is 1. The van der Waals surface area contributed by atoms with Crippen LogP contribution >= 0.6 is 0 Å². The highest BCUT2D eigenvalue weighted by molar-refractivity contribution is 5.27. The highest BCUT2D eigenvalue weighted by Crippen LogP contribution is 2.29. The van der Waals surface area contributed by atoms with Gasteiger partial charge in [0, 0.05) is 12.1 Å². The van der Waals surface area contributed by atoms with Crippen molar-refractivity contribution in [3.8, 4) is 0 Å². The first-order valence-electron chi connectivity index (χ1n) is 4.11. The molecule has 1 N–H and O–H groups in total. The quantitative estimate of drug-likeness (QED) is 0.783. The number of halogens is 3. The molecular weight excluding hydrogens is 193 g/mol. The minimum atomic E-state index is -1.86. The first-order valence-corrected chi connectivity index (χ1v) is 4.11. The molecule has 1 atom stereocenters. The number of benzene rings is 1. The molecule has 1 rings (SSSR count). The van der Waals surface area contributed by atoms with E-state index in [-0.39, 0.29) is 6.42 Å². The summed E-state index contributed by atoms with van der Waals surface area (Å²) in [5.41, 5.74) is -2.46. The van der Waals surface area contributed by atoms with Gasteiger partial charge in [0.1, 0.15) is 17.5 Å². The zero-order valence-electron chi connectivity index (χ0n) is 7.65. The van der Waals surface area contributed by atoms with Crippen LogP contribution in [-0.2, 0) is 5.60 Å². The van der Waals surface area contributed by atoms with Gasteiger partial charge in [-0.1, -0.05) is 6.92 Å². The lowest BCUT2D eigenvalue weighted by atomic mass is 9.92. The average molecular weight is 203 g/mol. The maximum absolute atomic E-state index is 13.1. The van der Waals surface area contributed by atoms with Gasteiger partial charge < -0.3 is 5.11 Å². The maximum Gasteiger partial charge on any atom is 0.135 e. The second kappa shape index (κ2) is 3.61. The molecule has 0 aliphatic rings. The molecule has 1 aromatic carbocycles. The summed E-state index contributed by atoms with van der Waals surface area (Å²) in [4.78, 5) is 0. The molecule has 1 radical (unpaired) electrons. The Bertz CT molecular complexity index is 324. The summed E-state index contributed by atoms with van der Waals surface area (Å²) in [6.07, 6.45) is 0.0342. The summed E-state index contributed by atoms with van der Waals surface area (Å²) in [7, 11) is 0. The van der Waals surface area contributed by atoms with E-state index in [0.717, 1.165) is 0 Å². The van der Waals surface area contributed by atoms with E-state index in [2.05, 4.69) is 6.92 Å². The predicted octanol–water partition coefficient (Wildman–Crippen LogP) is 2.54. The van der Waals surface area contributed by atoms with Gasteiger partial charge in [0.25, 0.3) is 0 Å². The van der Waals surface area contributed by atoms with Crippen molar-refractivity contribution >= 4 is 0 Å². The Hall–Kier alpha value is -1.03. The van der Waals surface area contributed by atoms with E-state index in [9.17, 15) is 18.3 Å². The van der Waals surface area contributed by atoms with E-state index in [4.69, 9.17) is 0 Å². The second-order valence-electron chi connectivity index (χ2n) is 3.13. The number of rotatable bonds is 2. The molecule has 4 heteroatoms. The van der Waals surface area contributed by atoms with Crippen molar-refractivity contribution in [3.05, 3.63) is 42.1 Å².